The van der Waals surface area contributed by atoms with Crippen molar-refractivity contribution in [3.63, 3.8) is 0 Å². The number of benzene rings is 1. The number of hydrogen-bond donors (Lipinski definition) is 0. The lowest BCUT2D eigenvalue weighted by Crippen LogP contribution is -1.97. The Balaban J connectivity index is 1.97. The Hall–Kier alpha value is -1.10. The Labute approximate surface area is 130 Å². The van der Waals surface area contributed by atoms with Crippen LogP contribution in [0.4, 0.5) is 0 Å². The molecule has 0 N–H and O–H groups in total. The summed E-state index contributed by atoms with van der Waals surface area (Å²) >= 11 is 9.16. The first kappa shape index (κ1) is 12.6. The Bertz CT molecular complexity index is 830. The summed E-state index contributed by atoms with van der Waals surface area (Å²) in [5, 5.41) is 2.31. The van der Waals surface area contributed by atoms with Crippen LogP contribution >= 0.6 is 34.9 Å². The molecule has 0 radical (unpaired) electrons. The lowest BCUT2D eigenvalue weighted by Gasteiger charge is -2.09. The Morgan fingerprint density at radius 2 is 1.80 bits per heavy atom. The highest BCUT2D eigenvalue weighted by Crippen LogP contribution is 2.39. The highest BCUT2D eigenvalue weighted by Gasteiger charge is 2.18. The molecule has 0 aliphatic heterocycles. The lowest BCUT2D eigenvalue weighted by molar-refractivity contribution is 0.700. The van der Waals surface area contributed by atoms with Crippen LogP contribution in [-0.4, -0.2) is 4.98 Å². The molecule has 100 valence electrons. The van der Waals surface area contributed by atoms with E-state index >= 15 is 0 Å². The van der Waals surface area contributed by atoms with Gasteiger partial charge in [0.05, 0.1) is 0 Å². The molecule has 4 heteroatoms. The van der Waals surface area contributed by atoms with Crippen LogP contribution in [-0.2, 0) is 12.8 Å². The molecule has 1 aliphatic rings. The fraction of sp³-hybridized carbons (Fsp3) is 0.250. The third kappa shape index (κ3) is 2.03. The minimum absolute atomic E-state index is 1.01. The van der Waals surface area contributed by atoms with Gasteiger partial charge in [-0.2, -0.15) is 0 Å². The molecule has 2 heterocycles. The first-order valence-corrected chi connectivity index (χ1v) is 8.88. The monoisotopic (exact) mass is 315 g/mol. The lowest BCUT2D eigenvalue weighted by atomic mass is 9.98. The predicted molar refractivity (Wildman–Crippen MR) is 90.4 cm³/mol. The number of hydrogen-bond acceptors (Lipinski definition) is 4. The molecule has 0 spiro atoms. The SMILES string of the molecule is S=c1sc(-c2ccccc2)nc2sc3c(c12)CCCC3. The van der Waals surface area contributed by atoms with Gasteiger partial charge in [-0.3, -0.25) is 0 Å². The van der Waals surface area contributed by atoms with Crippen LogP contribution in [0.5, 0.6) is 0 Å². The van der Waals surface area contributed by atoms with Crippen molar-refractivity contribution < 1.29 is 0 Å². The van der Waals surface area contributed by atoms with Crippen molar-refractivity contribution in [3.05, 3.63) is 44.6 Å². The first-order chi connectivity index (χ1) is 9.83. The Kier molecular flexibility index (Phi) is 3.17. The van der Waals surface area contributed by atoms with Crippen molar-refractivity contribution in [2.75, 3.05) is 0 Å². The van der Waals surface area contributed by atoms with Gasteiger partial charge >= 0.3 is 0 Å². The zero-order chi connectivity index (χ0) is 13.5. The third-order valence-electron chi connectivity index (χ3n) is 3.77. The van der Waals surface area contributed by atoms with Gasteiger partial charge in [0.1, 0.15) is 13.7 Å². The maximum Gasteiger partial charge on any atom is 0.127 e. The zero-order valence-corrected chi connectivity index (χ0v) is 13.3. The molecular weight excluding hydrogens is 302 g/mol. The zero-order valence-electron chi connectivity index (χ0n) is 10.9. The minimum Gasteiger partial charge on any atom is -0.226 e. The van der Waals surface area contributed by atoms with E-state index < -0.39 is 0 Å². The Morgan fingerprint density at radius 3 is 2.65 bits per heavy atom. The molecule has 3 aromatic rings. The Morgan fingerprint density at radius 1 is 1.00 bits per heavy atom. The van der Waals surface area contributed by atoms with Gasteiger partial charge in [0.25, 0.3) is 0 Å². The summed E-state index contributed by atoms with van der Waals surface area (Å²) in [5.74, 6) is 0. The molecule has 1 aliphatic carbocycles. The number of aromatic nitrogens is 1. The molecule has 20 heavy (non-hydrogen) atoms. The highest BCUT2D eigenvalue weighted by atomic mass is 32.1. The summed E-state index contributed by atoms with van der Waals surface area (Å²) in [6.45, 7) is 0. The van der Waals surface area contributed by atoms with Gasteiger partial charge in [-0.1, -0.05) is 42.5 Å². The van der Waals surface area contributed by atoms with E-state index in [1.54, 1.807) is 11.3 Å². The van der Waals surface area contributed by atoms with Crippen LogP contribution in [0.25, 0.3) is 20.8 Å². The van der Waals surface area contributed by atoms with Crippen molar-refractivity contribution >= 4 is 45.1 Å². The summed E-state index contributed by atoms with van der Waals surface area (Å²) in [6, 6.07) is 10.3. The fourth-order valence-electron chi connectivity index (χ4n) is 2.80. The molecule has 1 aromatic carbocycles. The second-order valence-corrected chi connectivity index (χ2v) is 7.81. The van der Waals surface area contributed by atoms with Crippen molar-refractivity contribution in [1.29, 1.82) is 0 Å². The van der Waals surface area contributed by atoms with E-state index in [2.05, 4.69) is 24.3 Å². The molecule has 0 bridgehead atoms. The molecule has 0 saturated carbocycles. The second kappa shape index (κ2) is 5.02. The van der Waals surface area contributed by atoms with Crippen molar-refractivity contribution in [2.45, 2.75) is 25.7 Å². The van der Waals surface area contributed by atoms with Gasteiger partial charge in [0, 0.05) is 15.8 Å². The molecule has 2 aromatic heterocycles. The molecular formula is C16H13NS3. The van der Waals surface area contributed by atoms with Crippen molar-refractivity contribution in [3.8, 4) is 10.6 Å². The largest absolute Gasteiger partial charge is 0.226 e. The number of fused-ring (bicyclic) bond motifs is 3. The van der Waals surface area contributed by atoms with Crippen LogP contribution in [0.3, 0.4) is 0 Å². The maximum absolute atomic E-state index is 5.67. The van der Waals surface area contributed by atoms with E-state index in [1.165, 1.54) is 41.5 Å². The van der Waals surface area contributed by atoms with E-state index in [1.807, 2.05) is 17.4 Å². The van der Waals surface area contributed by atoms with Gasteiger partial charge in [-0.25, -0.2) is 4.98 Å². The van der Waals surface area contributed by atoms with Crippen molar-refractivity contribution in [2.24, 2.45) is 0 Å². The van der Waals surface area contributed by atoms with E-state index in [0.29, 0.717) is 0 Å². The second-order valence-electron chi connectivity index (χ2n) is 5.06. The normalized spacial score (nSPS) is 14.4. The molecule has 4 rings (SSSR count). The molecule has 0 fully saturated rings. The number of aryl methyl sites for hydroxylation is 2. The van der Waals surface area contributed by atoms with Crippen LogP contribution < -0.4 is 0 Å². The average Bonchev–Trinajstić information content (AvgIpc) is 2.87. The number of thiophene rings is 1. The smallest absolute Gasteiger partial charge is 0.127 e. The van der Waals surface area contributed by atoms with Crippen LogP contribution in [0.1, 0.15) is 23.3 Å². The summed E-state index contributed by atoms with van der Waals surface area (Å²) < 4.78 is 1.01. The molecule has 0 saturated heterocycles. The molecule has 1 nitrogen and oxygen atoms in total. The maximum atomic E-state index is 5.67. The molecule has 0 unspecified atom stereocenters. The van der Waals surface area contributed by atoms with E-state index in [4.69, 9.17) is 17.2 Å². The van der Waals surface area contributed by atoms with Gasteiger partial charge in [0.2, 0.25) is 0 Å². The third-order valence-corrected chi connectivity index (χ3v) is 6.32. The summed E-state index contributed by atoms with van der Waals surface area (Å²) in [4.78, 5) is 7.54. The summed E-state index contributed by atoms with van der Waals surface area (Å²) in [5.41, 5.74) is 2.65. The van der Waals surface area contributed by atoms with E-state index in [9.17, 15) is 0 Å². The number of nitrogens with zero attached hydrogens (tertiary/aromatic N) is 1. The van der Waals surface area contributed by atoms with Crippen LogP contribution in [0.15, 0.2) is 30.3 Å². The van der Waals surface area contributed by atoms with Gasteiger partial charge in [-0.15, -0.1) is 22.7 Å². The molecule has 0 amide bonds. The minimum atomic E-state index is 1.01. The van der Waals surface area contributed by atoms with Gasteiger partial charge in [0.15, 0.2) is 0 Å². The van der Waals surface area contributed by atoms with E-state index in [-0.39, 0.29) is 0 Å². The van der Waals surface area contributed by atoms with Crippen LogP contribution in [0, 0.1) is 3.82 Å². The van der Waals surface area contributed by atoms with Crippen molar-refractivity contribution in [1.82, 2.24) is 4.98 Å². The van der Waals surface area contributed by atoms with Gasteiger partial charge in [-0.05, 0) is 31.2 Å². The first-order valence-electron chi connectivity index (χ1n) is 6.84. The standard InChI is InChI=1S/C16H13NS3/c18-16-13-11-8-4-5-9-12(11)19-15(13)17-14(20-16)10-6-2-1-3-7-10/h1-3,6-7H,4-5,8-9H2. The highest BCUT2D eigenvalue weighted by molar-refractivity contribution is 7.74. The fourth-order valence-corrected chi connectivity index (χ4v) is 5.60. The van der Waals surface area contributed by atoms with E-state index in [0.717, 1.165) is 19.2 Å². The number of rotatable bonds is 1. The average molecular weight is 315 g/mol. The summed E-state index contributed by atoms with van der Waals surface area (Å²) in [7, 11) is 0. The van der Waals surface area contributed by atoms with Crippen LogP contribution in [0.2, 0.25) is 0 Å². The van der Waals surface area contributed by atoms with Gasteiger partial charge < -0.3 is 0 Å². The topological polar surface area (TPSA) is 12.9 Å². The molecule has 0 atom stereocenters. The predicted octanol–water partition coefficient (Wildman–Crippen LogP) is 5.63. The quantitative estimate of drug-likeness (QED) is 0.539. The summed E-state index contributed by atoms with van der Waals surface area (Å²) in [6.07, 6.45) is 4.98.